The number of aryl methyl sites for hydroxylation is 1. The summed E-state index contributed by atoms with van der Waals surface area (Å²) in [5.74, 6) is -1.14. The molecule has 0 saturated heterocycles. The second kappa shape index (κ2) is 4.45. The van der Waals surface area contributed by atoms with Crippen molar-refractivity contribution in [2.45, 2.75) is 33.4 Å². The van der Waals surface area contributed by atoms with Crippen molar-refractivity contribution < 1.29 is 13.2 Å². The monoisotopic (exact) mass is 239 g/mol. The number of furan rings is 1. The van der Waals surface area contributed by atoms with Crippen LogP contribution in [-0.4, -0.2) is 6.04 Å². The lowest BCUT2D eigenvalue weighted by molar-refractivity contribution is 0.457. The van der Waals surface area contributed by atoms with Crippen LogP contribution in [0.15, 0.2) is 16.5 Å². The first-order valence-corrected chi connectivity index (χ1v) is 5.60. The largest absolute Gasteiger partial charge is 0.456 e. The third-order valence-electron chi connectivity index (χ3n) is 2.77. The van der Waals surface area contributed by atoms with Gasteiger partial charge in [-0.2, -0.15) is 4.39 Å². The molecule has 1 heterocycles. The highest BCUT2D eigenvalue weighted by atomic mass is 19.2. The van der Waals surface area contributed by atoms with Crippen LogP contribution in [-0.2, 0) is 6.54 Å². The standard InChI is InChI=1S/C13H15F2NO/c1-7(2)16-6-11-8(3)9-4-5-10(14)12(15)13(9)17-11/h4-5,7,16H,6H2,1-3H3. The Labute approximate surface area is 98.6 Å². The highest BCUT2D eigenvalue weighted by Crippen LogP contribution is 2.28. The Kier molecular flexibility index (Phi) is 3.15. The predicted octanol–water partition coefficient (Wildman–Crippen LogP) is 3.52. The molecule has 0 saturated carbocycles. The Morgan fingerprint density at radius 3 is 2.65 bits per heavy atom. The lowest BCUT2D eigenvalue weighted by Gasteiger charge is -2.05. The van der Waals surface area contributed by atoms with Crippen LogP contribution in [0.3, 0.4) is 0 Å². The molecule has 0 unspecified atom stereocenters. The number of hydrogen-bond acceptors (Lipinski definition) is 2. The lowest BCUT2D eigenvalue weighted by atomic mass is 10.1. The lowest BCUT2D eigenvalue weighted by Crippen LogP contribution is -2.21. The molecule has 2 aromatic rings. The molecule has 1 aromatic carbocycles. The van der Waals surface area contributed by atoms with Crippen molar-refractivity contribution in [2.24, 2.45) is 0 Å². The van der Waals surface area contributed by atoms with E-state index in [1.165, 1.54) is 0 Å². The van der Waals surface area contributed by atoms with Crippen molar-refractivity contribution in [2.75, 3.05) is 0 Å². The topological polar surface area (TPSA) is 25.2 Å². The van der Waals surface area contributed by atoms with Crippen molar-refractivity contribution >= 4 is 11.0 Å². The van der Waals surface area contributed by atoms with E-state index in [1.54, 1.807) is 6.07 Å². The molecule has 0 bridgehead atoms. The molecule has 1 N–H and O–H groups in total. The van der Waals surface area contributed by atoms with Crippen LogP contribution in [0.4, 0.5) is 8.78 Å². The Morgan fingerprint density at radius 2 is 2.00 bits per heavy atom. The van der Waals surface area contributed by atoms with Gasteiger partial charge in [-0.1, -0.05) is 13.8 Å². The number of benzene rings is 1. The van der Waals surface area contributed by atoms with Gasteiger partial charge in [-0.3, -0.25) is 0 Å². The third-order valence-corrected chi connectivity index (χ3v) is 2.77. The summed E-state index contributed by atoms with van der Waals surface area (Å²) in [6, 6.07) is 2.98. The summed E-state index contributed by atoms with van der Waals surface area (Å²) in [6.07, 6.45) is 0. The van der Waals surface area contributed by atoms with Crippen molar-refractivity contribution in [1.82, 2.24) is 5.32 Å². The summed E-state index contributed by atoms with van der Waals surface area (Å²) in [7, 11) is 0. The van der Waals surface area contributed by atoms with Gasteiger partial charge in [0, 0.05) is 11.4 Å². The average molecular weight is 239 g/mol. The predicted molar refractivity (Wildman–Crippen MR) is 62.8 cm³/mol. The first kappa shape index (κ1) is 12.0. The SMILES string of the molecule is Cc1c(CNC(C)C)oc2c(F)c(F)ccc12. The maximum Gasteiger partial charge on any atom is 0.201 e. The molecule has 1 aromatic heterocycles. The second-order valence-corrected chi connectivity index (χ2v) is 4.42. The van der Waals surface area contributed by atoms with Crippen LogP contribution < -0.4 is 5.32 Å². The molecule has 0 aliphatic rings. The van der Waals surface area contributed by atoms with Crippen LogP contribution in [0.2, 0.25) is 0 Å². The van der Waals surface area contributed by atoms with Gasteiger partial charge in [0.25, 0.3) is 0 Å². The van der Waals surface area contributed by atoms with Gasteiger partial charge in [0.1, 0.15) is 5.76 Å². The Morgan fingerprint density at radius 1 is 1.29 bits per heavy atom. The summed E-state index contributed by atoms with van der Waals surface area (Å²) in [4.78, 5) is 0. The van der Waals surface area contributed by atoms with E-state index in [2.05, 4.69) is 5.32 Å². The molecule has 0 spiro atoms. The summed E-state index contributed by atoms with van der Waals surface area (Å²) < 4.78 is 31.9. The zero-order chi connectivity index (χ0) is 12.6. The molecule has 0 atom stereocenters. The maximum absolute atomic E-state index is 13.5. The molecule has 0 radical (unpaired) electrons. The normalized spacial score (nSPS) is 11.6. The highest BCUT2D eigenvalue weighted by Gasteiger charge is 2.16. The quantitative estimate of drug-likeness (QED) is 0.886. The number of hydrogen-bond donors (Lipinski definition) is 1. The van der Waals surface area contributed by atoms with Crippen LogP contribution in [0.1, 0.15) is 25.2 Å². The summed E-state index contributed by atoms with van der Waals surface area (Å²) >= 11 is 0. The Hall–Kier alpha value is -1.42. The maximum atomic E-state index is 13.5. The van der Waals surface area contributed by atoms with Gasteiger partial charge in [0.15, 0.2) is 11.4 Å². The van der Waals surface area contributed by atoms with E-state index < -0.39 is 11.6 Å². The van der Waals surface area contributed by atoms with Crippen LogP contribution in [0.5, 0.6) is 0 Å². The fraction of sp³-hybridized carbons (Fsp3) is 0.385. The van der Waals surface area contributed by atoms with Crippen molar-refractivity contribution in [3.05, 3.63) is 35.1 Å². The van der Waals surface area contributed by atoms with Crippen molar-refractivity contribution in [1.29, 1.82) is 0 Å². The summed E-state index contributed by atoms with van der Waals surface area (Å²) in [5, 5.41) is 3.82. The van der Waals surface area contributed by atoms with Gasteiger partial charge in [-0.05, 0) is 24.6 Å². The van der Waals surface area contributed by atoms with Gasteiger partial charge in [-0.15, -0.1) is 0 Å². The fourth-order valence-electron chi connectivity index (χ4n) is 1.74. The fourth-order valence-corrected chi connectivity index (χ4v) is 1.74. The third kappa shape index (κ3) is 2.17. The molecule has 0 amide bonds. The van der Waals surface area contributed by atoms with Crippen LogP contribution >= 0.6 is 0 Å². The van der Waals surface area contributed by atoms with Gasteiger partial charge in [0.2, 0.25) is 5.82 Å². The number of halogens is 2. The minimum Gasteiger partial charge on any atom is -0.456 e. The highest BCUT2D eigenvalue weighted by molar-refractivity contribution is 5.82. The van der Waals surface area contributed by atoms with E-state index in [4.69, 9.17) is 4.42 Å². The van der Waals surface area contributed by atoms with E-state index in [0.29, 0.717) is 23.7 Å². The zero-order valence-electron chi connectivity index (χ0n) is 10.1. The first-order valence-electron chi connectivity index (χ1n) is 5.60. The van der Waals surface area contributed by atoms with E-state index in [-0.39, 0.29) is 5.58 Å². The molecule has 0 aliphatic carbocycles. The molecular weight excluding hydrogens is 224 g/mol. The van der Waals surface area contributed by atoms with Gasteiger partial charge in [-0.25, -0.2) is 4.39 Å². The van der Waals surface area contributed by atoms with Gasteiger partial charge < -0.3 is 9.73 Å². The number of rotatable bonds is 3. The molecule has 0 aliphatic heterocycles. The first-order chi connectivity index (χ1) is 8.00. The van der Waals surface area contributed by atoms with E-state index in [0.717, 1.165) is 11.6 Å². The van der Waals surface area contributed by atoms with Crippen LogP contribution in [0.25, 0.3) is 11.0 Å². The molecule has 2 rings (SSSR count). The van der Waals surface area contributed by atoms with Gasteiger partial charge >= 0.3 is 0 Å². The van der Waals surface area contributed by atoms with Crippen molar-refractivity contribution in [3.63, 3.8) is 0 Å². The number of nitrogens with one attached hydrogen (secondary N) is 1. The van der Waals surface area contributed by atoms with Crippen LogP contribution in [0, 0.1) is 18.6 Å². The van der Waals surface area contributed by atoms with E-state index in [1.807, 2.05) is 20.8 Å². The number of fused-ring (bicyclic) bond motifs is 1. The molecule has 0 fully saturated rings. The smallest absolute Gasteiger partial charge is 0.201 e. The zero-order valence-corrected chi connectivity index (χ0v) is 10.1. The molecule has 4 heteroatoms. The minimum atomic E-state index is -0.915. The molecule has 2 nitrogen and oxygen atoms in total. The second-order valence-electron chi connectivity index (χ2n) is 4.42. The van der Waals surface area contributed by atoms with Gasteiger partial charge in [0.05, 0.1) is 6.54 Å². The molecule has 92 valence electrons. The molecule has 17 heavy (non-hydrogen) atoms. The van der Waals surface area contributed by atoms with E-state index >= 15 is 0 Å². The minimum absolute atomic E-state index is 0.00283. The van der Waals surface area contributed by atoms with Crippen molar-refractivity contribution in [3.8, 4) is 0 Å². The molecular formula is C13H15F2NO. The Balaban J connectivity index is 2.45. The Bertz CT molecular complexity index is 546. The average Bonchev–Trinajstić information content (AvgIpc) is 2.59. The van der Waals surface area contributed by atoms with E-state index in [9.17, 15) is 8.78 Å². The summed E-state index contributed by atoms with van der Waals surface area (Å²) in [6.45, 7) is 6.39. The summed E-state index contributed by atoms with van der Waals surface area (Å²) in [5.41, 5.74) is 0.857.